The topological polar surface area (TPSA) is 61.9 Å². The van der Waals surface area contributed by atoms with Crippen molar-refractivity contribution in [3.05, 3.63) is 47.8 Å². The van der Waals surface area contributed by atoms with Crippen molar-refractivity contribution in [1.29, 1.82) is 0 Å². The van der Waals surface area contributed by atoms with Crippen molar-refractivity contribution in [1.82, 2.24) is 19.9 Å². The molecule has 0 fully saturated rings. The number of nitrogens with one attached hydrogen (secondary N) is 1. The number of carbonyl (C=O) groups is 1. The van der Waals surface area contributed by atoms with E-state index in [2.05, 4.69) is 15.0 Å². The number of hydrogen-bond donors (Lipinski definition) is 1. The van der Waals surface area contributed by atoms with Gasteiger partial charge in [0.1, 0.15) is 5.69 Å². The molecule has 1 amide bonds. The van der Waals surface area contributed by atoms with Crippen LogP contribution < -0.4 is 0 Å². The molecule has 0 saturated carbocycles. The van der Waals surface area contributed by atoms with Crippen molar-refractivity contribution in [3.63, 3.8) is 0 Å². The molecule has 1 aliphatic rings. The van der Waals surface area contributed by atoms with Gasteiger partial charge < -0.3 is 9.88 Å². The highest BCUT2D eigenvalue weighted by Crippen LogP contribution is 2.16. The molecular weight excluding hydrogens is 216 g/mol. The minimum absolute atomic E-state index is 0.0224. The lowest BCUT2D eigenvalue weighted by Gasteiger charge is -2.25. The molecule has 17 heavy (non-hydrogen) atoms. The first-order chi connectivity index (χ1) is 8.34. The fourth-order valence-electron chi connectivity index (χ4n) is 2.04. The number of nitrogens with zero attached hydrogens (tertiary/aromatic N) is 3. The van der Waals surface area contributed by atoms with Crippen molar-refractivity contribution in [2.75, 3.05) is 6.54 Å². The number of aromatic nitrogens is 3. The molecule has 0 saturated heterocycles. The van der Waals surface area contributed by atoms with Gasteiger partial charge in [-0.25, -0.2) is 4.98 Å². The Balaban J connectivity index is 1.81. The average molecular weight is 228 g/mol. The van der Waals surface area contributed by atoms with Crippen LogP contribution in [0.2, 0.25) is 0 Å². The van der Waals surface area contributed by atoms with Crippen molar-refractivity contribution < 1.29 is 4.79 Å². The minimum Gasteiger partial charge on any atom is -0.347 e. The van der Waals surface area contributed by atoms with E-state index in [1.165, 1.54) is 0 Å². The summed E-state index contributed by atoms with van der Waals surface area (Å²) >= 11 is 0. The molecular formula is C12H12N4O. The fraction of sp³-hybridized carbons (Fsp3) is 0.250. The van der Waals surface area contributed by atoms with E-state index >= 15 is 0 Å². The van der Waals surface area contributed by atoms with Gasteiger partial charge in [-0.05, 0) is 12.1 Å². The van der Waals surface area contributed by atoms with Crippen LogP contribution in [0.4, 0.5) is 0 Å². The molecule has 0 bridgehead atoms. The van der Waals surface area contributed by atoms with Crippen LogP contribution >= 0.6 is 0 Å². The molecule has 5 heteroatoms. The number of hydrogen-bond acceptors (Lipinski definition) is 3. The summed E-state index contributed by atoms with van der Waals surface area (Å²) in [6, 6.07) is 5.37. The van der Waals surface area contributed by atoms with Gasteiger partial charge in [-0.1, -0.05) is 6.07 Å². The van der Waals surface area contributed by atoms with Gasteiger partial charge in [0.15, 0.2) is 0 Å². The summed E-state index contributed by atoms with van der Waals surface area (Å²) < 4.78 is 0. The number of fused-ring (bicyclic) bond motifs is 1. The quantitative estimate of drug-likeness (QED) is 0.792. The van der Waals surface area contributed by atoms with Crippen LogP contribution in [0.15, 0.2) is 30.7 Å². The van der Waals surface area contributed by atoms with Crippen molar-refractivity contribution in [3.8, 4) is 0 Å². The van der Waals surface area contributed by atoms with Gasteiger partial charge in [0.05, 0.1) is 24.3 Å². The summed E-state index contributed by atoms with van der Waals surface area (Å²) in [5.41, 5.74) is 2.59. The Morgan fingerprint density at radius 3 is 3.12 bits per heavy atom. The predicted octanol–water partition coefficient (Wildman–Crippen LogP) is 1.00. The molecule has 3 rings (SSSR count). The second-order valence-corrected chi connectivity index (χ2v) is 4.02. The molecule has 3 heterocycles. The van der Waals surface area contributed by atoms with Crippen molar-refractivity contribution >= 4 is 5.91 Å². The summed E-state index contributed by atoms with van der Waals surface area (Å²) in [5, 5.41) is 0. The molecule has 0 atom stereocenters. The maximum Gasteiger partial charge on any atom is 0.272 e. The molecule has 1 aliphatic heterocycles. The molecule has 86 valence electrons. The third-order valence-electron chi connectivity index (χ3n) is 2.95. The third kappa shape index (κ3) is 1.80. The first-order valence-electron chi connectivity index (χ1n) is 5.56. The lowest BCUT2D eigenvalue weighted by Crippen LogP contribution is -2.36. The number of pyridine rings is 1. The standard InChI is InChI=1S/C12H12N4O/c17-12(10-3-1-2-5-13-10)16-6-4-9-11(7-16)15-8-14-9/h1-3,5,8H,4,6-7H2,(H,14,15). The molecule has 1 N–H and O–H groups in total. The first kappa shape index (κ1) is 10.0. The highest BCUT2D eigenvalue weighted by molar-refractivity contribution is 5.92. The molecule has 0 aliphatic carbocycles. The molecule has 0 unspecified atom stereocenters. The van der Waals surface area contributed by atoms with Crippen molar-refractivity contribution in [2.24, 2.45) is 0 Å². The third-order valence-corrected chi connectivity index (χ3v) is 2.95. The Morgan fingerprint density at radius 2 is 2.29 bits per heavy atom. The minimum atomic E-state index is -0.0224. The van der Waals surface area contributed by atoms with Gasteiger partial charge >= 0.3 is 0 Å². The number of imidazole rings is 1. The summed E-state index contributed by atoms with van der Waals surface area (Å²) in [6.07, 6.45) is 4.12. The Labute approximate surface area is 98.5 Å². The van der Waals surface area contributed by atoms with Gasteiger partial charge in [0, 0.05) is 19.2 Å². The Hall–Kier alpha value is -2.17. The van der Waals surface area contributed by atoms with E-state index in [1.807, 2.05) is 6.07 Å². The second kappa shape index (κ2) is 4.01. The van der Waals surface area contributed by atoms with Crippen molar-refractivity contribution in [2.45, 2.75) is 13.0 Å². The molecule has 2 aromatic rings. The Morgan fingerprint density at radius 1 is 1.35 bits per heavy atom. The lowest BCUT2D eigenvalue weighted by molar-refractivity contribution is 0.0726. The second-order valence-electron chi connectivity index (χ2n) is 4.02. The fourth-order valence-corrected chi connectivity index (χ4v) is 2.04. The van der Waals surface area contributed by atoms with E-state index in [0.717, 1.165) is 17.8 Å². The molecule has 5 nitrogen and oxygen atoms in total. The largest absolute Gasteiger partial charge is 0.347 e. The van der Waals surface area contributed by atoms with Crippen LogP contribution in [0, 0.1) is 0 Å². The molecule has 0 aromatic carbocycles. The van der Waals surface area contributed by atoms with E-state index in [4.69, 9.17) is 0 Å². The van der Waals surface area contributed by atoms with Crippen LogP contribution in [0.25, 0.3) is 0 Å². The van der Waals surface area contributed by atoms with E-state index in [0.29, 0.717) is 18.8 Å². The van der Waals surface area contributed by atoms with Crippen LogP contribution in [0.3, 0.4) is 0 Å². The monoisotopic (exact) mass is 228 g/mol. The van der Waals surface area contributed by atoms with Crippen LogP contribution in [0.5, 0.6) is 0 Å². The average Bonchev–Trinajstić information content (AvgIpc) is 2.86. The molecule has 0 radical (unpaired) electrons. The number of carbonyl (C=O) groups excluding carboxylic acids is 1. The van der Waals surface area contributed by atoms with E-state index < -0.39 is 0 Å². The first-order valence-corrected chi connectivity index (χ1v) is 5.56. The zero-order chi connectivity index (χ0) is 11.7. The predicted molar refractivity (Wildman–Crippen MR) is 61.3 cm³/mol. The van der Waals surface area contributed by atoms with Gasteiger partial charge in [-0.15, -0.1) is 0 Å². The number of aromatic amines is 1. The van der Waals surface area contributed by atoms with E-state index in [-0.39, 0.29) is 5.91 Å². The maximum absolute atomic E-state index is 12.2. The van der Waals surface area contributed by atoms with Crippen LogP contribution in [-0.2, 0) is 13.0 Å². The SMILES string of the molecule is O=C(c1ccccn1)N1CCc2nc[nH]c2C1. The van der Waals surface area contributed by atoms with Gasteiger partial charge in [-0.3, -0.25) is 9.78 Å². The van der Waals surface area contributed by atoms with Gasteiger partial charge in [-0.2, -0.15) is 0 Å². The van der Waals surface area contributed by atoms with Crippen LogP contribution in [-0.4, -0.2) is 32.3 Å². The Bertz CT molecular complexity index is 534. The van der Waals surface area contributed by atoms with E-state index in [9.17, 15) is 4.79 Å². The Kier molecular flexibility index (Phi) is 2.36. The van der Waals surface area contributed by atoms with Gasteiger partial charge in [0.25, 0.3) is 5.91 Å². The normalized spacial score (nSPS) is 14.5. The summed E-state index contributed by atoms with van der Waals surface area (Å²) in [7, 11) is 0. The number of H-pyrrole nitrogens is 1. The summed E-state index contributed by atoms with van der Waals surface area (Å²) in [5.74, 6) is -0.0224. The highest BCUT2D eigenvalue weighted by Gasteiger charge is 2.23. The zero-order valence-corrected chi connectivity index (χ0v) is 9.26. The molecule has 0 spiro atoms. The number of rotatable bonds is 1. The maximum atomic E-state index is 12.2. The molecule has 2 aromatic heterocycles. The lowest BCUT2D eigenvalue weighted by atomic mass is 10.1. The highest BCUT2D eigenvalue weighted by atomic mass is 16.2. The van der Waals surface area contributed by atoms with E-state index in [1.54, 1.807) is 29.6 Å². The summed E-state index contributed by atoms with van der Waals surface area (Å²) in [6.45, 7) is 1.29. The van der Waals surface area contributed by atoms with Crippen LogP contribution in [0.1, 0.15) is 21.9 Å². The van der Waals surface area contributed by atoms with Gasteiger partial charge in [0.2, 0.25) is 0 Å². The smallest absolute Gasteiger partial charge is 0.272 e. The zero-order valence-electron chi connectivity index (χ0n) is 9.26. The summed E-state index contributed by atoms with van der Waals surface area (Å²) in [4.78, 5) is 25.3. The number of amides is 1.